The van der Waals surface area contributed by atoms with Gasteiger partial charge in [-0.3, -0.25) is 9.59 Å². The van der Waals surface area contributed by atoms with E-state index in [1.165, 1.54) is 18.3 Å². The third-order valence-electron chi connectivity index (χ3n) is 4.14. The van der Waals surface area contributed by atoms with E-state index in [-0.39, 0.29) is 29.0 Å². The van der Waals surface area contributed by atoms with Crippen molar-refractivity contribution in [2.45, 2.75) is 31.7 Å². The highest BCUT2D eigenvalue weighted by Crippen LogP contribution is 2.31. The number of aromatic nitrogens is 2. The van der Waals surface area contributed by atoms with Crippen LogP contribution in [0.4, 0.5) is 4.39 Å². The van der Waals surface area contributed by atoms with Crippen molar-refractivity contribution in [1.82, 2.24) is 14.9 Å². The van der Waals surface area contributed by atoms with Crippen LogP contribution in [-0.4, -0.2) is 27.3 Å². The molecule has 120 valence electrons. The van der Waals surface area contributed by atoms with Gasteiger partial charge in [0.05, 0.1) is 12.2 Å². The zero-order chi connectivity index (χ0) is 16.2. The molecule has 1 N–H and O–H groups in total. The molecule has 1 aromatic heterocycles. The maximum atomic E-state index is 13.6. The molecule has 1 saturated heterocycles. The van der Waals surface area contributed by atoms with Gasteiger partial charge in [0, 0.05) is 12.7 Å². The first-order chi connectivity index (χ1) is 11.1. The van der Waals surface area contributed by atoms with E-state index in [9.17, 15) is 14.0 Å². The van der Waals surface area contributed by atoms with Gasteiger partial charge in [-0.15, -0.1) is 0 Å². The molecule has 0 spiro atoms. The lowest BCUT2D eigenvalue weighted by molar-refractivity contribution is 0.0674. The summed E-state index contributed by atoms with van der Waals surface area (Å²) in [6.45, 7) is 0.598. The molecule has 1 aliphatic rings. The smallest absolute Gasteiger partial charge is 0.274 e. The van der Waals surface area contributed by atoms with Crippen LogP contribution in [0.1, 0.15) is 47.8 Å². The lowest BCUT2D eigenvalue weighted by Gasteiger charge is -2.30. The predicted molar refractivity (Wildman–Crippen MR) is 83.5 cm³/mol. The van der Waals surface area contributed by atoms with E-state index in [2.05, 4.69) is 9.97 Å². The average Bonchev–Trinajstić information content (AvgIpc) is 2.81. The largest absolute Gasteiger partial charge is 0.330 e. The minimum Gasteiger partial charge on any atom is -0.330 e. The number of H-pyrrole nitrogens is 1. The Hall–Kier alpha value is -2.50. The first kappa shape index (κ1) is 15.4. The highest BCUT2D eigenvalue weighted by molar-refractivity contribution is 5.92. The zero-order valence-electron chi connectivity index (χ0n) is 12.7. The molecule has 6 heteroatoms. The van der Waals surface area contributed by atoms with Crippen LogP contribution in [0.5, 0.6) is 0 Å². The molecule has 1 fully saturated rings. The van der Waals surface area contributed by atoms with Crippen LogP contribution in [0.2, 0.25) is 0 Å². The Labute approximate surface area is 133 Å². The molecule has 0 aliphatic carbocycles. The Balaban J connectivity index is 1.93. The molecule has 0 bridgehead atoms. The maximum Gasteiger partial charge on any atom is 0.274 e. The van der Waals surface area contributed by atoms with E-state index in [0.717, 1.165) is 37.4 Å². The summed E-state index contributed by atoms with van der Waals surface area (Å²) in [5.74, 6) is -0.543. The zero-order valence-corrected chi connectivity index (χ0v) is 12.7. The third-order valence-corrected chi connectivity index (χ3v) is 4.14. The van der Waals surface area contributed by atoms with Crippen LogP contribution in [0.3, 0.4) is 0 Å². The van der Waals surface area contributed by atoms with Gasteiger partial charge >= 0.3 is 0 Å². The number of halogens is 1. The fraction of sp³-hybridized carbons (Fsp3) is 0.353. The summed E-state index contributed by atoms with van der Waals surface area (Å²) in [4.78, 5) is 32.0. The molecule has 0 radical (unpaired) electrons. The van der Waals surface area contributed by atoms with Crippen LogP contribution in [0.15, 0.2) is 41.5 Å². The summed E-state index contributed by atoms with van der Waals surface area (Å²) in [5, 5.41) is 0. The molecule has 0 saturated carbocycles. The molecule has 1 amide bonds. The van der Waals surface area contributed by atoms with Crippen molar-refractivity contribution in [2.75, 3.05) is 6.54 Å². The summed E-state index contributed by atoms with van der Waals surface area (Å²) < 4.78 is 13.6. The quantitative estimate of drug-likeness (QED) is 0.926. The number of hydrogen-bond acceptors (Lipinski definition) is 3. The monoisotopic (exact) mass is 315 g/mol. The van der Waals surface area contributed by atoms with E-state index >= 15 is 0 Å². The van der Waals surface area contributed by atoms with Crippen molar-refractivity contribution in [3.63, 3.8) is 0 Å². The van der Waals surface area contributed by atoms with Gasteiger partial charge in [0.25, 0.3) is 11.5 Å². The molecule has 1 unspecified atom stereocenters. The topological polar surface area (TPSA) is 66.1 Å². The molecular weight excluding hydrogens is 297 g/mol. The molecule has 1 aromatic carbocycles. The number of hydrogen-bond donors (Lipinski definition) is 1. The lowest BCUT2D eigenvalue weighted by Crippen LogP contribution is -2.35. The standard InChI is InChI=1S/C17H18FN3O2/c18-13-6-4-5-12(9-13)15-7-2-1-3-8-21(15)17(23)14-10-20-16(22)11-19-14/h4-6,9-11,15H,1-3,7-8H2,(H,20,22). The summed E-state index contributed by atoms with van der Waals surface area (Å²) in [6, 6.07) is 6.22. The molecule has 3 rings (SSSR count). The summed E-state index contributed by atoms with van der Waals surface area (Å²) >= 11 is 0. The second-order valence-electron chi connectivity index (χ2n) is 5.72. The molecule has 5 nitrogen and oxygen atoms in total. The normalized spacial score (nSPS) is 18.5. The number of benzene rings is 1. The van der Waals surface area contributed by atoms with Crippen LogP contribution < -0.4 is 5.56 Å². The van der Waals surface area contributed by atoms with Crippen LogP contribution in [0.25, 0.3) is 0 Å². The number of likely N-dealkylation sites (tertiary alicyclic amines) is 1. The van der Waals surface area contributed by atoms with Gasteiger partial charge in [-0.2, -0.15) is 0 Å². The minimum atomic E-state index is -0.348. The van der Waals surface area contributed by atoms with Gasteiger partial charge in [-0.1, -0.05) is 25.0 Å². The first-order valence-electron chi connectivity index (χ1n) is 7.76. The molecular formula is C17H18FN3O2. The third kappa shape index (κ3) is 3.47. The van der Waals surface area contributed by atoms with Crippen molar-refractivity contribution in [2.24, 2.45) is 0 Å². The SMILES string of the molecule is O=C(c1c[nH]c(=O)cn1)N1CCCCCC1c1cccc(F)c1. The summed E-state index contributed by atoms with van der Waals surface area (Å²) in [5.41, 5.74) is 0.650. The van der Waals surface area contributed by atoms with Gasteiger partial charge in [-0.05, 0) is 30.5 Å². The highest BCUT2D eigenvalue weighted by atomic mass is 19.1. The molecule has 2 aromatic rings. The van der Waals surface area contributed by atoms with E-state index in [4.69, 9.17) is 0 Å². The Bertz CT molecular complexity index is 739. The molecule has 1 atom stereocenters. The lowest BCUT2D eigenvalue weighted by atomic mass is 10.0. The highest BCUT2D eigenvalue weighted by Gasteiger charge is 2.28. The van der Waals surface area contributed by atoms with Crippen molar-refractivity contribution in [3.05, 3.63) is 64.1 Å². The van der Waals surface area contributed by atoms with Crippen molar-refractivity contribution < 1.29 is 9.18 Å². The fourth-order valence-corrected chi connectivity index (χ4v) is 3.02. The maximum absolute atomic E-state index is 13.6. The number of carbonyl (C=O) groups excluding carboxylic acids is 1. The van der Waals surface area contributed by atoms with Crippen molar-refractivity contribution in [3.8, 4) is 0 Å². The Kier molecular flexibility index (Phi) is 4.50. The first-order valence-corrected chi connectivity index (χ1v) is 7.76. The number of amides is 1. The van der Waals surface area contributed by atoms with Gasteiger partial charge in [0.15, 0.2) is 0 Å². The Morgan fingerprint density at radius 3 is 2.91 bits per heavy atom. The van der Waals surface area contributed by atoms with Crippen molar-refractivity contribution in [1.29, 1.82) is 0 Å². The van der Waals surface area contributed by atoms with E-state index in [1.54, 1.807) is 11.0 Å². The van der Waals surface area contributed by atoms with E-state index in [0.29, 0.717) is 6.54 Å². The number of nitrogens with zero attached hydrogens (tertiary/aromatic N) is 2. The Morgan fingerprint density at radius 1 is 1.30 bits per heavy atom. The molecule has 23 heavy (non-hydrogen) atoms. The van der Waals surface area contributed by atoms with Gasteiger partial charge in [0.2, 0.25) is 0 Å². The van der Waals surface area contributed by atoms with E-state index in [1.807, 2.05) is 6.07 Å². The average molecular weight is 315 g/mol. The molecule has 2 heterocycles. The van der Waals surface area contributed by atoms with Gasteiger partial charge < -0.3 is 9.88 Å². The minimum absolute atomic E-state index is 0.172. The number of aromatic amines is 1. The van der Waals surface area contributed by atoms with Crippen LogP contribution >= 0.6 is 0 Å². The predicted octanol–water partition coefficient (Wildman–Crippen LogP) is 2.67. The fourth-order valence-electron chi connectivity index (χ4n) is 3.02. The van der Waals surface area contributed by atoms with Crippen molar-refractivity contribution >= 4 is 5.91 Å². The second kappa shape index (κ2) is 6.73. The molecule has 1 aliphatic heterocycles. The van der Waals surface area contributed by atoms with Gasteiger partial charge in [-0.25, -0.2) is 9.37 Å². The van der Waals surface area contributed by atoms with Crippen LogP contribution in [0, 0.1) is 5.82 Å². The number of carbonyl (C=O) groups is 1. The number of nitrogens with one attached hydrogen (secondary N) is 1. The van der Waals surface area contributed by atoms with E-state index < -0.39 is 0 Å². The van der Waals surface area contributed by atoms with Gasteiger partial charge in [0.1, 0.15) is 11.5 Å². The number of rotatable bonds is 2. The van der Waals surface area contributed by atoms with Crippen LogP contribution in [-0.2, 0) is 0 Å². The Morgan fingerprint density at radius 2 is 2.17 bits per heavy atom. The second-order valence-corrected chi connectivity index (χ2v) is 5.72. The summed E-state index contributed by atoms with van der Waals surface area (Å²) in [7, 11) is 0. The summed E-state index contributed by atoms with van der Waals surface area (Å²) in [6.07, 6.45) is 6.15.